The number of allylic oxidation sites excluding steroid dienone is 1. The number of rotatable bonds is 7. The fraction of sp³-hybridized carbons (Fsp3) is 0.750. The van der Waals surface area contributed by atoms with Gasteiger partial charge in [0, 0.05) is 18.7 Å². The summed E-state index contributed by atoms with van der Waals surface area (Å²) < 4.78 is 4.76. The van der Waals surface area contributed by atoms with Crippen LogP contribution in [0.25, 0.3) is 0 Å². The molecule has 0 aliphatic heterocycles. The summed E-state index contributed by atoms with van der Waals surface area (Å²) in [5.41, 5.74) is 2.18. The standard InChI is InChI=1S/C20H32N2O2/c1-6-8-9-15(7-2)14-22-17-10-16(11-20(3,4)12-17)18(13-21)19(23)24-5/h15H,6-12,14H2,1-5H3. The molecule has 4 nitrogen and oxygen atoms in total. The highest BCUT2D eigenvalue weighted by atomic mass is 16.5. The lowest BCUT2D eigenvalue weighted by atomic mass is 9.73. The van der Waals surface area contributed by atoms with E-state index in [1.165, 1.54) is 26.4 Å². The van der Waals surface area contributed by atoms with E-state index in [9.17, 15) is 10.1 Å². The van der Waals surface area contributed by atoms with E-state index in [4.69, 9.17) is 9.73 Å². The van der Waals surface area contributed by atoms with Crippen molar-refractivity contribution in [3.8, 4) is 6.07 Å². The van der Waals surface area contributed by atoms with Crippen LogP contribution < -0.4 is 0 Å². The predicted molar refractivity (Wildman–Crippen MR) is 97.9 cm³/mol. The summed E-state index contributed by atoms with van der Waals surface area (Å²) in [7, 11) is 1.32. The van der Waals surface area contributed by atoms with Gasteiger partial charge in [0.25, 0.3) is 0 Å². The molecule has 134 valence electrons. The van der Waals surface area contributed by atoms with E-state index in [0.29, 0.717) is 12.3 Å². The molecule has 0 aromatic heterocycles. The maximum atomic E-state index is 11.8. The van der Waals surface area contributed by atoms with Crippen molar-refractivity contribution in [3.63, 3.8) is 0 Å². The van der Waals surface area contributed by atoms with Gasteiger partial charge in [0.15, 0.2) is 0 Å². The van der Waals surface area contributed by atoms with Crippen molar-refractivity contribution in [2.24, 2.45) is 16.3 Å². The third-order valence-corrected chi connectivity index (χ3v) is 4.76. The summed E-state index contributed by atoms with van der Waals surface area (Å²) >= 11 is 0. The van der Waals surface area contributed by atoms with Crippen LogP contribution in [0, 0.1) is 22.7 Å². The number of hydrogen-bond acceptors (Lipinski definition) is 4. The fourth-order valence-electron chi connectivity index (χ4n) is 3.40. The molecule has 24 heavy (non-hydrogen) atoms. The van der Waals surface area contributed by atoms with Crippen LogP contribution in [0.2, 0.25) is 0 Å². The molecule has 4 heteroatoms. The van der Waals surface area contributed by atoms with E-state index in [0.717, 1.165) is 37.1 Å². The molecule has 0 saturated heterocycles. The van der Waals surface area contributed by atoms with Crippen molar-refractivity contribution in [3.05, 3.63) is 11.1 Å². The number of carbonyl (C=O) groups excluding carboxylic acids is 1. The van der Waals surface area contributed by atoms with Crippen LogP contribution in [-0.2, 0) is 9.53 Å². The molecular formula is C20H32N2O2. The van der Waals surface area contributed by atoms with E-state index >= 15 is 0 Å². The monoisotopic (exact) mass is 332 g/mol. The van der Waals surface area contributed by atoms with Crippen molar-refractivity contribution < 1.29 is 9.53 Å². The zero-order chi connectivity index (χ0) is 18.2. The molecule has 1 rings (SSSR count). The zero-order valence-corrected chi connectivity index (χ0v) is 15.9. The Balaban J connectivity index is 2.96. The first-order chi connectivity index (χ1) is 11.4. The van der Waals surface area contributed by atoms with Gasteiger partial charge in [-0.05, 0) is 36.2 Å². The van der Waals surface area contributed by atoms with Crippen LogP contribution >= 0.6 is 0 Å². The van der Waals surface area contributed by atoms with Gasteiger partial charge in [-0.15, -0.1) is 0 Å². The first kappa shape index (κ1) is 20.4. The lowest BCUT2D eigenvalue weighted by Gasteiger charge is -2.33. The highest BCUT2D eigenvalue weighted by Crippen LogP contribution is 2.38. The number of methoxy groups -OCH3 is 1. The van der Waals surface area contributed by atoms with Crippen molar-refractivity contribution >= 4 is 11.7 Å². The number of nitriles is 1. The number of ether oxygens (including phenoxy) is 1. The molecular weight excluding hydrogens is 300 g/mol. The molecule has 1 unspecified atom stereocenters. The Kier molecular flexibility index (Phi) is 8.18. The van der Waals surface area contributed by atoms with Gasteiger partial charge in [-0.1, -0.05) is 47.0 Å². The van der Waals surface area contributed by atoms with Crippen LogP contribution in [0.4, 0.5) is 0 Å². The number of unbranched alkanes of at least 4 members (excludes halogenated alkanes) is 1. The van der Waals surface area contributed by atoms with Gasteiger partial charge < -0.3 is 4.74 Å². The third-order valence-electron chi connectivity index (χ3n) is 4.76. The zero-order valence-electron chi connectivity index (χ0n) is 15.9. The van der Waals surface area contributed by atoms with Crippen molar-refractivity contribution in [2.45, 2.75) is 72.6 Å². The summed E-state index contributed by atoms with van der Waals surface area (Å²) in [5.74, 6) is 0.102. The second-order valence-corrected chi connectivity index (χ2v) is 7.60. The van der Waals surface area contributed by atoms with E-state index in [1.54, 1.807) is 0 Å². The minimum absolute atomic E-state index is 0.0215. The first-order valence-corrected chi connectivity index (χ1v) is 9.09. The summed E-state index contributed by atoms with van der Waals surface area (Å²) in [4.78, 5) is 16.7. The topological polar surface area (TPSA) is 62.5 Å². The number of nitrogens with zero attached hydrogens (tertiary/aromatic N) is 2. The van der Waals surface area contributed by atoms with Gasteiger partial charge in [-0.25, -0.2) is 4.79 Å². The van der Waals surface area contributed by atoms with Gasteiger partial charge in [0.2, 0.25) is 0 Å². The first-order valence-electron chi connectivity index (χ1n) is 9.09. The maximum Gasteiger partial charge on any atom is 0.348 e. The second-order valence-electron chi connectivity index (χ2n) is 7.60. The largest absolute Gasteiger partial charge is 0.465 e. The Morgan fingerprint density at radius 2 is 2.08 bits per heavy atom. The van der Waals surface area contributed by atoms with E-state index in [2.05, 4.69) is 27.7 Å². The number of carbonyl (C=O) groups is 1. The van der Waals surface area contributed by atoms with Crippen molar-refractivity contribution in [2.75, 3.05) is 13.7 Å². The van der Waals surface area contributed by atoms with Crippen LogP contribution in [0.3, 0.4) is 0 Å². The molecule has 0 aromatic rings. The summed E-state index contributed by atoms with van der Waals surface area (Å²) in [6, 6.07) is 2.03. The summed E-state index contributed by atoms with van der Waals surface area (Å²) in [5, 5.41) is 9.34. The molecule has 1 saturated carbocycles. The predicted octanol–water partition coefficient (Wildman–Crippen LogP) is 4.85. The second kappa shape index (κ2) is 9.61. The average Bonchev–Trinajstić information content (AvgIpc) is 2.54. The van der Waals surface area contributed by atoms with E-state index in [-0.39, 0.29) is 11.0 Å². The molecule has 0 heterocycles. The Labute approximate surface area is 147 Å². The van der Waals surface area contributed by atoms with Crippen LogP contribution in [0.15, 0.2) is 16.1 Å². The Hall–Kier alpha value is -1.63. The molecule has 0 spiro atoms. The number of esters is 1. The lowest BCUT2D eigenvalue weighted by Crippen LogP contribution is -2.27. The summed E-state index contributed by atoms with van der Waals surface area (Å²) in [6.07, 6.45) is 7.15. The summed E-state index contributed by atoms with van der Waals surface area (Å²) in [6.45, 7) is 9.64. The van der Waals surface area contributed by atoms with E-state index < -0.39 is 5.97 Å². The van der Waals surface area contributed by atoms with E-state index in [1.807, 2.05) is 6.07 Å². The van der Waals surface area contributed by atoms with Gasteiger partial charge in [-0.2, -0.15) is 5.26 Å². The van der Waals surface area contributed by atoms with Gasteiger partial charge in [-0.3, -0.25) is 4.99 Å². The van der Waals surface area contributed by atoms with Crippen molar-refractivity contribution in [1.29, 1.82) is 5.26 Å². The number of hydrogen-bond donors (Lipinski definition) is 0. The molecule has 1 aliphatic rings. The van der Waals surface area contributed by atoms with Crippen LogP contribution in [0.1, 0.15) is 72.6 Å². The highest BCUT2D eigenvalue weighted by Gasteiger charge is 2.31. The molecule has 0 N–H and O–H groups in total. The minimum atomic E-state index is -0.529. The third kappa shape index (κ3) is 6.11. The van der Waals surface area contributed by atoms with Gasteiger partial charge in [0.1, 0.15) is 11.6 Å². The Morgan fingerprint density at radius 1 is 1.38 bits per heavy atom. The fourth-order valence-corrected chi connectivity index (χ4v) is 3.40. The quantitative estimate of drug-likeness (QED) is 0.380. The smallest absolute Gasteiger partial charge is 0.348 e. The van der Waals surface area contributed by atoms with Crippen LogP contribution in [0.5, 0.6) is 0 Å². The normalized spacial score (nSPS) is 21.9. The van der Waals surface area contributed by atoms with Gasteiger partial charge >= 0.3 is 5.97 Å². The molecule has 0 aromatic carbocycles. The maximum absolute atomic E-state index is 11.8. The average molecular weight is 332 g/mol. The molecule has 1 fully saturated rings. The highest BCUT2D eigenvalue weighted by molar-refractivity contribution is 5.96. The van der Waals surface area contributed by atoms with Gasteiger partial charge in [0.05, 0.1) is 7.11 Å². The molecule has 0 radical (unpaired) electrons. The van der Waals surface area contributed by atoms with Crippen LogP contribution in [-0.4, -0.2) is 25.3 Å². The lowest BCUT2D eigenvalue weighted by molar-refractivity contribution is -0.135. The minimum Gasteiger partial charge on any atom is -0.465 e. The SMILES string of the molecule is CCCCC(CC)CN=C1CC(=C(C#N)C(=O)OC)CC(C)(C)C1. The Bertz CT molecular complexity index is 538. The Morgan fingerprint density at radius 3 is 2.62 bits per heavy atom. The molecule has 1 atom stereocenters. The molecule has 0 amide bonds. The molecule has 1 aliphatic carbocycles. The number of aliphatic imine (C=N–C) groups is 1. The van der Waals surface area contributed by atoms with Crippen molar-refractivity contribution in [1.82, 2.24) is 0 Å². The molecule has 0 bridgehead atoms.